The average molecular weight is 267 g/mol. The molecule has 0 aromatic carbocycles. The normalized spacial score (nSPS) is 10.5. The Balaban J connectivity index is 2.36. The van der Waals surface area contributed by atoms with E-state index in [0.717, 1.165) is 16.3 Å². The minimum Gasteiger partial charge on any atom is -0.480 e. The number of rotatable bonds is 5. The number of thiophene rings is 1. The first-order chi connectivity index (χ1) is 8.26. The number of thiazole rings is 1. The summed E-state index contributed by atoms with van der Waals surface area (Å²) in [5.74, 6) is 0.571. The van der Waals surface area contributed by atoms with Crippen LogP contribution in [0.15, 0.2) is 17.5 Å². The highest BCUT2D eigenvalue weighted by atomic mass is 32.1. The number of hydrogen-bond acceptors (Lipinski definition) is 5. The summed E-state index contributed by atoms with van der Waals surface area (Å²) in [6.45, 7) is 1.99. The second kappa shape index (κ2) is 5.42. The molecule has 2 rings (SSSR count). The molecule has 0 radical (unpaired) electrons. The Labute approximate surface area is 108 Å². The van der Waals surface area contributed by atoms with Gasteiger partial charge < -0.3 is 4.74 Å². The Hall–Kier alpha value is -1.20. The monoisotopic (exact) mass is 267 g/mol. The SMILES string of the molecule is CCCC(=O)c1sc(-c2cccs2)nc1OC. The van der Waals surface area contributed by atoms with Crippen LogP contribution in [0.3, 0.4) is 0 Å². The predicted octanol–water partition coefficient (Wildman–Crippen LogP) is 3.86. The molecule has 0 unspecified atom stereocenters. The number of nitrogens with zero attached hydrogens (tertiary/aromatic N) is 1. The first-order valence-electron chi connectivity index (χ1n) is 5.38. The van der Waals surface area contributed by atoms with E-state index in [1.807, 2.05) is 24.4 Å². The van der Waals surface area contributed by atoms with Gasteiger partial charge in [0.1, 0.15) is 9.88 Å². The van der Waals surface area contributed by atoms with E-state index in [9.17, 15) is 4.79 Å². The maximum absolute atomic E-state index is 11.9. The van der Waals surface area contributed by atoms with E-state index in [4.69, 9.17) is 4.74 Å². The van der Waals surface area contributed by atoms with Crippen molar-refractivity contribution >= 4 is 28.5 Å². The Morgan fingerprint density at radius 1 is 1.53 bits per heavy atom. The van der Waals surface area contributed by atoms with Crippen LogP contribution in [0.5, 0.6) is 5.88 Å². The first-order valence-corrected chi connectivity index (χ1v) is 7.07. The summed E-state index contributed by atoms with van der Waals surface area (Å²) in [4.78, 5) is 18.0. The zero-order valence-corrected chi connectivity index (χ0v) is 11.4. The molecule has 0 saturated carbocycles. The van der Waals surface area contributed by atoms with Crippen LogP contribution < -0.4 is 4.74 Å². The third kappa shape index (κ3) is 2.56. The van der Waals surface area contributed by atoms with Crippen LogP contribution in [-0.2, 0) is 0 Å². The van der Waals surface area contributed by atoms with Crippen molar-refractivity contribution in [3.05, 3.63) is 22.4 Å². The summed E-state index contributed by atoms with van der Waals surface area (Å²) >= 11 is 3.03. The minimum atomic E-state index is 0.115. The van der Waals surface area contributed by atoms with Gasteiger partial charge in [0.15, 0.2) is 5.78 Å². The number of hydrogen-bond donors (Lipinski definition) is 0. The molecule has 0 atom stereocenters. The van der Waals surface area contributed by atoms with E-state index in [0.29, 0.717) is 17.2 Å². The van der Waals surface area contributed by atoms with Gasteiger partial charge in [0.2, 0.25) is 5.88 Å². The first kappa shape index (κ1) is 12.3. The number of carbonyl (C=O) groups is 1. The number of ether oxygens (including phenoxy) is 1. The topological polar surface area (TPSA) is 39.2 Å². The molecule has 3 nitrogen and oxygen atoms in total. The van der Waals surface area contributed by atoms with Crippen molar-refractivity contribution in [1.82, 2.24) is 4.98 Å². The molecule has 0 fully saturated rings. The highest BCUT2D eigenvalue weighted by Crippen LogP contribution is 2.35. The summed E-state index contributed by atoms with van der Waals surface area (Å²) in [5, 5.41) is 2.85. The molecule has 0 saturated heterocycles. The molecule has 0 aliphatic rings. The van der Waals surface area contributed by atoms with Gasteiger partial charge in [-0.1, -0.05) is 13.0 Å². The quantitative estimate of drug-likeness (QED) is 0.772. The van der Waals surface area contributed by atoms with Gasteiger partial charge >= 0.3 is 0 Å². The summed E-state index contributed by atoms with van der Waals surface area (Å²) in [7, 11) is 1.55. The van der Waals surface area contributed by atoms with E-state index in [-0.39, 0.29) is 5.78 Å². The zero-order chi connectivity index (χ0) is 12.3. The number of methoxy groups -OCH3 is 1. The highest BCUT2D eigenvalue weighted by Gasteiger charge is 2.19. The van der Waals surface area contributed by atoms with Crippen molar-refractivity contribution in [2.24, 2.45) is 0 Å². The van der Waals surface area contributed by atoms with Gasteiger partial charge in [-0.05, 0) is 17.9 Å². The number of aromatic nitrogens is 1. The van der Waals surface area contributed by atoms with E-state index in [2.05, 4.69) is 4.98 Å². The van der Waals surface area contributed by atoms with Crippen LogP contribution in [0.2, 0.25) is 0 Å². The fourth-order valence-corrected chi connectivity index (χ4v) is 3.27. The third-order valence-corrected chi connectivity index (χ3v) is 4.37. The van der Waals surface area contributed by atoms with Crippen molar-refractivity contribution in [1.29, 1.82) is 0 Å². The Morgan fingerprint density at radius 3 is 2.94 bits per heavy atom. The van der Waals surface area contributed by atoms with Crippen LogP contribution in [-0.4, -0.2) is 17.9 Å². The van der Waals surface area contributed by atoms with Gasteiger partial charge in [0.05, 0.1) is 12.0 Å². The second-order valence-electron chi connectivity index (χ2n) is 3.51. The van der Waals surface area contributed by atoms with E-state index < -0.39 is 0 Å². The molecule has 0 aliphatic carbocycles. The number of ketones is 1. The second-order valence-corrected chi connectivity index (χ2v) is 5.45. The highest BCUT2D eigenvalue weighted by molar-refractivity contribution is 7.22. The lowest BCUT2D eigenvalue weighted by atomic mass is 10.2. The van der Waals surface area contributed by atoms with Crippen LogP contribution in [0.1, 0.15) is 29.4 Å². The molecule has 2 aromatic heterocycles. The molecular weight excluding hydrogens is 254 g/mol. The standard InChI is InChI=1S/C12H13NO2S2/c1-3-5-8(14)10-11(15-2)13-12(17-10)9-6-4-7-16-9/h4,6-7H,3,5H2,1-2H3. The maximum atomic E-state index is 11.9. The van der Waals surface area contributed by atoms with Crippen molar-refractivity contribution in [2.75, 3.05) is 7.11 Å². The molecule has 0 bridgehead atoms. The van der Waals surface area contributed by atoms with Crippen LogP contribution in [0.4, 0.5) is 0 Å². The lowest BCUT2D eigenvalue weighted by Crippen LogP contribution is -1.98. The van der Waals surface area contributed by atoms with E-state index in [1.54, 1.807) is 18.4 Å². The van der Waals surface area contributed by atoms with Gasteiger partial charge in [0.25, 0.3) is 0 Å². The van der Waals surface area contributed by atoms with Crippen LogP contribution in [0, 0.1) is 0 Å². The average Bonchev–Trinajstić information content (AvgIpc) is 2.97. The summed E-state index contributed by atoms with van der Waals surface area (Å²) < 4.78 is 5.17. The van der Waals surface area contributed by atoms with Gasteiger partial charge in [-0.2, -0.15) is 0 Å². The van der Waals surface area contributed by atoms with Gasteiger partial charge in [-0.25, -0.2) is 4.98 Å². The molecule has 0 aliphatic heterocycles. The van der Waals surface area contributed by atoms with Crippen LogP contribution in [0.25, 0.3) is 9.88 Å². The Morgan fingerprint density at radius 2 is 2.35 bits per heavy atom. The smallest absolute Gasteiger partial charge is 0.236 e. The Bertz CT molecular complexity index is 503. The van der Waals surface area contributed by atoms with Crippen molar-refractivity contribution < 1.29 is 9.53 Å². The molecule has 90 valence electrons. The fraction of sp³-hybridized carbons (Fsp3) is 0.333. The summed E-state index contributed by atoms with van der Waals surface area (Å²) in [6.07, 6.45) is 1.39. The van der Waals surface area contributed by atoms with Crippen molar-refractivity contribution in [2.45, 2.75) is 19.8 Å². The molecule has 0 N–H and O–H groups in total. The van der Waals surface area contributed by atoms with E-state index in [1.165, 1.54) is 11.3 Å². The Kier molecular flexibility index (Phi) is 3.91. The molecule has 2 heterocycles. The molecular formula is C12H13NO2S2. The number of carbonyl (C=O) groups excluding carboxylic acids is 1. The molecule has 2 aromatic rings. The van der Waals surface area contributed by atoms with Crippen molar-refractivity contribution in [3.63, 3.8) is 0 Å². The van der Waals surface area contributed by atoms with Crippen LogP contribution >= 0.6 is 22.7 Å². The third-order valence-electron chi connectivity index (χ3n) is 2.25. The summed E-state index contributed by atoms with van der Waals surface area (Å²) in [6, 6.07) is 3.97. The van der Waals surface area contributed by atoms with Gasteiger partial charge in [-0.15, -0.1) is 22.7 Å². The maximum Gasteiger partial charge on any atom is 0.236 e. The van der Waals surface area contributed by atoms with Crippen molar-refractivity contribution in [3.8, 4) is 15.8 Å². The summed E-state index contributed by atoms with van der Waals surface area (Å²) in [5.41, 5.74) is 0. The van der Waals surface area contributed by atoms with Gasteiger partial charge in [0, 0.05) is 6.42 Å². The molecule has 5 heteroatoms. The lowest BCUT2D eigenvalue weighted by Gasteiger charge is -1.97. The largest absolute Gasteiger partial charge is 0.480 e. The minimum absolute atomic E-state index is 0.115. The molecule has 0 spiro atoms. The number of Topliss-reactive ketones (excluding diaryl/α,β-unsaturated/α-hetero) is 1. The lowest BCUT2D eigenvalue weighted by molar-refractivity contribution is 0.0982. The van der Waals surface area contributed by atoms with Gasteiger partial charge in [-0.3, -0.25) is 4.79 Å². The zero-order valence-electron chi connectivity index (χ0n) is 9.73. The molecule has 17 heavy (non-hydrogen) atoms. The molecule has 0 amide bonds. The fourth-order valence-electron chi connectivity index (χ4n) is 1.47. The van der Waals surface area contributed by atoms with E-state index >= 15 is 0 Å². The predicted molar refractivity (Wildman–Crippen MR) is 71.2 cm³/mol.